The fourth-order valence-electron chi connectivity index (χ4n) is 2.04. The molecule has 108 valence electrons. The van der Waals surface area contributed by atoms with Crippen LogP contribution in [0.4, 0.5) is 5.69 Å². The van der Waals surface area contributed by atoms with Gasteiger partial charge in [-0.3, -0.25) is 9.59 Å². The number of amides is 2. The van der Waals surface area contributed by atoms with Crippen molar-refractivity contribution < 1.29 is 9.59 Å². The third-order valence-corrected chi connectivity index (χ3v) is 2.91. The van der Waals surface area contributed by atoms with Gasteiger partial charge in [0, 0.05) is 32.1 Å². The minimum atomic E-state index is -0.0923. The molecular weight excluding hydrogens is 252 g/mol. The molecule has 0 bridgehead atoms. The summed E-state index contributed by atoms with van der Waals surface area (Å²) in [5.74, 6) is -0.144. The van der Waals surface area contributed by atoms with Crippen LogP contribution in [0, 0.1) is 13.8 Å². The molecule has 1 aromatic carbocycles. The Labute approximate surface area is 120 Å². The van der Waals surface area contributed by atoms with Crippen molar-refractivity contribution in [2.75, 3.05) is 18.4 Å². The second kappa shape index (κ2) is 7.48. The van der Waals surface area contributed by atoms with E-state index in [1.54, 1.807) is 11.0 Å². The first kappa shape index (κ1) is 16.0. The SMILES string of the molecule is C=CCN(CCC(=O)Nc1cc(C)cc(C)c1)C(C)=O. The topological polar surface area (TPSA) is 49.4 Å². The van der Waals surface area contributed by atoms with Crippen LogP contribution < -0.4 is 5.32 Å². The summed E-state index contributed by atoms with van der Waals surface area (Å²) in [6.45, 7) is 9.94. The third kappa shape index (κ3) is 5.26. The molecule has 20 heavy (non-hydrogen) atoms. The van der Waals surface area contributed by atoms with Crippen molar-refractivity contribution in [3.63, 3.8) is 0 Å². The Bertz CT molecular complexity index is 489. The second-order valence-electron chi connectivity index (χ2n) is 4.93. The Balaban J connectivity index is 2.54. The van der Waals surface area contributed by atoms with Gasteiger partial charge in [-0.2, -0.15) is 0 Å². The van der Waals surface area contributed by atoms with Crippen LogP contribution in [0.3, 0.4) is 0 Å². The molecule has 0 aliphatic carbocycles. The van der Waals surface area contributed by atoms with Gasteiger partial charge in [-0.25, -0.2) is 0 Å². The van der Waals surface area contributed by atoms with Gasteiger partial charge < -0.3 is 10.2 Å². The number of rotatable bonds is 6. The highest BCUT2D eigenvalue weighted by Gasteiger charge is 2.10. The summed E-state index contributed by atoms with van der Waals surface area (Å²) in [6, 6.07) is 5.91. The van der Waals surface area contributed by atoms with Gasteiger partial charge in [-0.05, 0) is 37.1 Å². The van der Waals surface area contributed by atoms with E-state index in [4.69, 9.17) is 0 Å². The molecule has 0 heterocycles. The predicted molar refractivity (Wildman–Crippen MR) is 81.6 cm³/mol. The molecule has 0 aliphatic rings. The lowest BCUT2D eigenvalue weighted by atomic mass is 10.1. The number of benzene rings is 1. The lowest BCUT2D eigenvalue weighted by Gasteiger charge is -2.18. The minimum Gasteiger partial charge on any atom is -0.339 e. The molecule has 2 amide bonds. The number of nitrogens with zero attached hydrogens (tertiary/aromatic N) is 1. The van der Waals surface area contributed by atoms with E-state index in [1.807, 2.05) is 26.0 Å². The Morgan fingerprint density at radius 3 is 2.35 bits per heavy atom. The Morgan fingerprint density at radius 2 is 1.85 bits per heavy atom. The number of hydrogen-bond acceptors (Lipinski definition) is 2. The van der Waals surface area contributed by atoms with Gasteiger partial charge in [0.25, 0.3) is 0 Å². The maximum atomic E-state index is 11.9. The van der Waals surface area contributed by atoms with Crippen LogP contribution in [0.5, 0.6) is 0 Å². The summed E-state index contributed by atoms with van der Waals surface area (Å²) >= 11 is 0. The molecule has 0 fully saturated rings. The van der Waals surface area contributed by atoms with E-state index in [2.05, 4.69) is 18.0 Å². The molecule has 1 aromatic rings. The van der Waals surface area contributed by atoms with Crippen LogP contribution in [0.25, 0.3) is 0 Å². The first-order valence-electron chi connectivity index (χ1n) is 6.67. The van der Waals surface area contributed by atoms with Gasteiger partial charge in [0.15, 0.2) is 0 Å². The zero-order valence-electron chi connectivity index (χ0n) is 12.4. The minimum absolute atomic E-state index is 0.0518. The first-order chi connectivity index (χ1) is 9.42. The van der Waals surface area contributed by atoms with E-state index in [9.17, 15) is 9.59 Å². The number of aryl methyl sites for hydroxylation is 2. The van der Waals surface area contributed by atoms with Gasteiger partial charge in [-0.1, -0.05) is 12.1 Å². The molecule has 0 aromatic heterocycles. The molecule has 0 spiro atoms. The van der Waals surface area contributed by atoms with Gasteiger partial charge in [0.05, 0.1) is 0 Å². The average Bonchev–Trinajstić information content (AvgIpc) is 2.32. The van der Waals surface area contributed by atoms with E-state index in [-0.39, 0.29) is 18.2 Å². The highest BCUT2D eigenvalue weighted by molar-refractivity contribution is 5.91. The molecular formula is C16H22N2O2. The fraction of sp³-hybridized carbons (Fsp3) is 0.375. The lowest BCUT2D eigenvalue weighted by Crippen LogP contribution is -2.32. The zero-order valence-corrected chi connectivity index (χ0v) is 12.4. The normalized spacial score (nSPS) is 9.95. The van der Waals surface area contributed by atoms with Crippen molar-refractivity contribution in [1.29, 1.82) is 0 Å². The first-order valence-corrected chi connectivity index (χ1v) is 6.67. The standard InChI is InChI=1S/C16H22N2O2/c1-5-7-18(14(4)19)8-6-16(20)17-15-10-12(2)9-13(3)11-15/h5,9-11H,1,6-8H2,2-4H3,(H,17,20). The van der Waals surface area contributed by atoms with Crippen LogP contribution in [0.15, 0.2) is 30.9 Å². The fourth-order valence-corrected chi connectivity index (χ4v) is 2.04. The largest absolute Gasteiger partial charge is 0.339 e. The quantitative estimate of drug-likeness (QED) is 0.811. The molecule has 1 N–H and O–H groups in total. The molecule has 0 saturated heterocycles. The monoisotopic (exact) mass is 274 g/mol. The van der Waals surface area contributed by atoms with Crippen molar-refractivity contribution in [3.05, 3.63) is 42.0 Å². The average molecular weight is 274 g/mol. The summed E-state index contributed by atoms with van der Waals surface area (Å²) in [5, 5.41) is 2.86. The molecule has 1 rings (SSSR count). The molecule has 0 aliphatic heterocycles. The smallest absolute Gasteiger partial charge is 0.226 e. The number of anilines is 1. The molecule has 0 unspecified atom stereocenters. The Morgan fingerprint density at radius 1 is 1.25 bits per heavy atom. The number of nitrogens with one attached hydrogen (secondary N) is 1. The van der Waals surface area contributed by atoms with Crippen LogP contribution in [-0.4, -0.2) is 29.8 Å². The van der Waals surface area contributed by atoms with Crippen molar-refractivity contribution in [1.82, 2.24) is 4.90 Å². The van der Waals surface area contributed by atoms with Crippen LogP contribution >= 0.6 is 0 Å². The number of hydrogen-bond donors (Lipinski definition) is 1. The van der Waals surface area contributed by atoms with Gasteiger partial charge in [0.1, 0.15) is 0 Å². The second-order valence-corrected chi connectivity index (χ2v) is 4.93. The van der Waals surface area contributed by atoms with Crippen molar-refractivity contribution in [3.8, 4) is 0 Å². The van der Waals surface area contributed by atoms with Crippen LogP contribution in [0.2, 0.25) is 0 Å². The summed E-state index contributed by atoms with van der Waals surface area (Å²) in [5.41, 5.74) is 3.01. The summed E-state index contributed by atoms with van der Waals surface area (Å²) in [7, 11) is 0. The maximum Gasteiger partial charge on any atom is 0.226 e. The van der Waals surface area contributed by atoms with Gasteiger partial charge in [0.2, 0.25) is 11.8 Å². The summed E-state index contributed by atoms with van der Waals surface area (Å²) in [4.78, 5) is 24.8. The Hall–Kier alpha value is -2.10. The molecule has 4 heteroatoms. The molecule has 0 radical (unpaired) electrons. The van der Waals surface area contributed by atoms with Crippen molar-refractivity contribution in [2.45, 2.75) is 27.2 Å². The highest BCUT2D eigenvalue weighted by Crippen LogP contribution is 2.14. The molecule has 0 atom stereocenters. The maximum absolute atomic E-state index is 11.9. The lowest BCUT2D eigenvalue weighted by molar-refractivity contribution is -0.128. The van der Waals surface area contributed by atoms with E-state index in [0.29, 0.717) is 13.1 Å². The van der Waals surface area contributed by atoms with E-state index in [0.717, 1.165) is 16.8 Å². The summed E-state index contributed by atoms with van der Waals surface area (Å²) in [6.07, 6.45) is 1.93. The van der Waals surface area contributed by atoms with Crippen molar-refractivity contribution >= 4 is 17.5 Å². The van der Waals surface area contributed by atoms with Crippen molar-refractivity contribution in [2.24, 2.45) is 0 Å². The molecule has 0 saturated carbocycles. The molecule has 4 nitrogen and oxygen atoms in total. The Kier molecular flexibility index (Phi) is 5.97. The van der Waals surface area contributed by atoms with E-state index in [1.165, 1.54) is 6.92 Å². The van der Waals surface area contributed by atoms with E-state index < -0.39 is 0 Å². The zero-order chi connectivity index (χ0) is 15.1. The summed E-state index contributed by atoms with van der Waals surface area (Å²) < 4.78 is 0. The van der Waals surface area contributed by atoms with E-state index >= 15 is 0 Å². The predicted octanol–water partition coefficient (Wildman–Crippen LogP) is 2.67. The highest BCUT2D eigenvalue weighted by atomic mass is 16.2. The van der Waals surface area contributed by atoms with Gasteiger partial charge in [-0.15, -0.1) is 6.58 Å². The number of carbonyl (C=O) groups is 2. The van der Waals surface area contributed by atoms with Crippen LogP contribution in [-0.2, 0) is 9.59 Å². The van der Waals surface area contributed by atoms with Crippen LogP contribution in [0.1, 0.15) is 24.5 Å². The number of carbonyl (C=O) groups excluding carboxylic acids is 2. The third-order valence-electron chi connectivity index (χ3n) is 2.91. The van der Waals surface area contributed by atoms with Gasteiger partial charge >= 0.3 is 0 Å².